The first-order valence-corrected chi connectivity index (χ1v) is 5.99. The van der Waals surface area contributed by atoms with Crippen LogP contribution < -0.4 is 0 Å². The van der Waals surface area contributed by atoms with Gasteiger partial charge in [-0.1, -0.05) is 27.2 Å². The van der Waals surface area contributed by atoms with E-state index in [2.05, 4.69) is 0 Å². The van der Waals surface area contributed by atoms with Gasteiger partial charge in [0.15, 0.2) is 0 Å². The van der Waals surface area contributed by atoms with Gasteiger partial charge >= 0.3 is 0 Å². The zero-order valence-electron chi connectivity index (χ0n) is 8.37. The molecule has 0 saturated heterocycles. The zero-order valence-corrected chi connectivity index (χ0v) is 9.19. The summed E-state index contributed by atoms with van der Waals surface area (Å²) in [4.78, 5) is 0. The monoisotopic (exact) mass is 193 g/mol. The van der Waals surface area contributed by atoms with Crippen molar-refractivity contribution in [2.24, 2.45) is 5.92 Å². The molecule has 0 aromatic rings. The zero-order chi connectivity index (χ0) is 9.78. The third kappa shape index (κ3) is 3.54. The van der Waals surface area contributed by atoms with Gasteiger partial charge in [-0.3, -0.25) is 0 Å². The molecule has 1 atom stereocenters. The average molecular weight is 193 g/mol. The Morgan fingerprint density at radius 2 is 1.83 bits per heavy atom. The molecule has 0 radical (unpaired) electrons. The number of hydrogen-bond acceptors (Lipinski definition) is 2. The van der Waals surface area contributed by atoms with Crippen LogP contribution >= 0.6 is 0 Å². The predicted molar refractivity (Wildman–Crippen MR) is 51.5 cm³/mol. The maximum atomic E-state index is 11.5. The van der Waals surface area contributed by atoms with Crippen LogP contribution in [0.1, 0.15) is 27.2 Å². The molecular weight excluding hydrogens is 174 g/mol. The van der Waals surface area contributed by atoms with E-state index in [4.69, 9.17) is 0 Å². The van der Waals surface area contributed by atoms with Crippen molar-refractivity contribution in [2.45, 2.75) is 27.2 Å². The minimum Gasteiger partial charge on any atom is -0.212 e. The van der Waals surface area contributed by atoms with E-state index in [1.807, 2.05) is 20.8 Å². The summed E-state index contributed by atoms with van der Waals surface area (Å²) in [6.07, 6.45) is 0.913. The van der Waals surface area contributed by atoms with Crippen LogP contribution in [-0.2, 0) is 10.0 Å². The number of sulfonamides is 1. The van der Waals surface area contributed by atoms with Crippen LogP contribution in [-0.4, -0.2) is 32.1 Å². The molecule has 4 heteroatoms. The van der Waals surface area contributed by atoms with Crippen molar-refractivity contribution in [1.29, 1.82) is 0 Å². The fraction of sp³-hybridized carbons (Fsp3) is 1.00. The highest BCUT2D eigenvalue weighted by atomic mass is 32.2. The van der Waals surface area contributed by atoms with Gasteiger partial charge < -0.3 is 0 Å². The topological polar surface area (TPSA) is 37.4 Å². The van der Waals surface area contributed by atoms with Crippen LogP contribution in [0.4, 0.5) is 0 Å². The van der Waals surface area contributed by atoms with E-state index in [1.54, 1.807) is 7.05 Å². The molecule has 12 heavy (non-hydrogen) atoms. The molecule has 0 fully saturated rings. The molecule has 0 aromatic carbocycles. The lowest BCUT2D eigenvalue weighted by atomic mass is 10.2. The van der Waals surface area contributed by atoms with E-state index in [0.717, 1.165) is 6.42 Å². The van der Waals surface area contributed by atoms with Gasteiger partial charge in [0.05, 0.1) is 5.75 Å². The van der Waals surface area contributed by atoms with Crippen molar-refractivity contribution >= 4 is 10.0 Å². The molecule has 0 aliphatic rings. The summed E-state index contributed by atoms with van der Waals surface area (Å²) < 4.78 is 24.3. The molecule has 0 spiro atoms. The molecule has 74 valence electrons. The Morgan fingerprint density at radius 3 is 2.17 bits per heavy atom. The van der Waals surface area contributed by atoms with E-state index < -0.39 is 10.0 Å². The van der Waals surface area contributed by atoms with Crippen LogP contribution in [0.2, 0.25) is 0 Å². The number of rotatable bonds is 5. The molecule has 0 saturated carbocycles. The SMILES string of the molecule is CC[C@H](C)CS(=O)(=O)N(C)CC. The van der Waals surface area contributed by atoms with E-state index in [1.165, 1.54) is 4.31 Å². The average Bonchev–Trinajstić information content (AvgIpc) is 2.02. The van der Waals surface area contributed by atoms with E-state index in [9.17, 15) is 8.42 Å². The minimum absolute atomic E-state index is 0.254. The summed E-state index contributed by atoms with van der Waals surface area (Å²) in [5, 5.41) is 0. The van der Waals surface area contributed by atoms with Gasteiger partial charge in [0.25, 0.3) is 0 Å². The Balaban J connectivity index is 4.23. The van der Waals surface area contributed by atoms with E-state index >= 15 is 0 Å². The molecule has 0 aliphatic carbocycles. The van der Waals surface area contributed by atoms with E-state index in [-0.39, 0.29) is 11.7 Å². The predicted octanol–water partition coefficient (Wildman–Crippen LogP) is 1.31. The molecule has 0 aliphatic heterocycles. The largest absolute Gasteiger partial charge is 0.214 e. The first-order valence-electron chi connectivity index (χ1n) is 4.38. The Morgan fingerprint density at radius 1 is 1.33 bits per heavy atom. The van der Waals surface area contributed by atoms with Crippen LogP contribution in [0.25, 0.3) is 0 Å². The van der Waals surface area contributed by atoms with Gasteiger partial charge in [0.2, 0.25) is 10.0 Å². The maximum Gasteiger partial charge on any atom is 0.214 e. The molecule has 0 N–H and O–H groups in total. The fourth-order valence-electron chi connectivity index (χ4n) is 0.801. The molecule has 0 unspecified atom stereocenters. The second-order valence-corrected chi connectivity index (χ2v) is 5.33. The minimum atomic E-state index is -2.99. The number of nitrogens with zero attached hydrogens (tertiary/aromatic N) is 1. The summed E-state index contributed by atoms with van der Waals surface area (Å²) in [6.45, 7) is 6.36. The van der Waals surface area contributed by atoms with Gasteiger partial charge in [-0.15, -0.1) is 0 Å². The van der Waals surface area contributed by atoms with Crippen LogP contribution in [0, 0.1) is 5.92 Å². The second kappa shape index (κ2) is 4.82. The lowest BCUT2D eigenvalue weighted by Gasteiger charge is -2.17. The first kappa shape index (κ1) is 11.9. The molecule has 0 amide bonds. The standard InChI is InChI=1S/C8H19NO2S/c1-5-8(3)7-12(10,11)9(4)6-2/h8H,5-7H2,1-4H3/t8-/m0/s1. The summed E-state index contributed by atoms with van der Waals surface area (Å²) in [6, 6.07) is 0. The summed E-state index contributed by atoms with van der Waals surface area (Å²) in [7, 11) is -1.37. The van der Waals surface area contributed by atoms with Crippen molar-refractivity contribution in [3.8, 4) is 0 Å². The van der Waals surface area contributed by atoms with E-state index in [0.29, 0.717) is 6.54 Å². The van der Waals surface area contributed by atoms with Crippen molar-refractivity contribution in [3.05, 3.63) is 0 Å². The Bertz CT molecular complexity index is 211. The fourth-order valence-corrected chi connectivity index (χ4v) is 2.40. The van der Waals surface area contributed by atoms with Gasteiger partial charge in [-0.05, 0) is 5.92 Å². The van der Waals surface area contributed by atoms with Gasteiger partial charge in [-0.2, -0.15) is 0 Å². The third-order valence-electron chi connectivity index (χ3n) is 2.11. The highest BCUT2D eigenvalue weighted by Crippen LogP contribution is 2.07. The molecule has 0 aromatic heterocycles. The van der Waals surface area contributed by atoms with Crippen molar-refractivity contribution in [3.63, 3.8) is 0 Å². The van der Waals surface area contributed by atoms with Crippen LogP contribution in [0.5, 0.6) is 0 Å². The molecule has 0 rings (SSSR count). The van der Waals surface area contributed by atoms with Gasteiger partial charge in [0.1, 0.15) is 0 Å². The molecular formula is C8H19NO2S. The maximum absolute atomic E-state index is 11.5. The van der Waals surface area contributed by atoms with Crippen molar-refractivity contribution in [2.75, 3.05) is 19.3 Å². The van der Waals surface area contributed by atoms with Crippen LogP contribution in [0.15, 0.2) is 0 Å². The first-order chi connectivity index (χ1) is 5.44. The normalized spacial score (nSPS) is 15.1. The summed E-state index contributed by atoms with van der Waals surface area (Å²) >= 11 is 0. The summed E-state index contributed by atoms with van der Waals surface area (Å²) in [5.74, 6) is 0.525. The Labute approximate surface area is 75.8 Å². The Hall–Kier alpha value is -0.0900. The second-order valence-electron chi connectivity index (χ2n) is 3.21. The van der Waals surface area contributed by atoms with Crippen molar-refractivity contribution in [1.82, 2.24) is 4.31 Å². The molecule has 3 nitrogen and oxygen atoms in total. The van der Waals surface area contributed by atoms with Gasteiger partial charge in [-0.25, -0.2) is 12.7 Å². The molecule has 0 bridgehead atoms. The summed E-state index contributed by atoms with van der Waals surface area (Å²) in [5.41, 5.74) is 0. The highest BCUT2D eigenvalue weighted by Gasteiger charge is 2.18. The highest BCUT2D eigenvalue weighted by molar-refractivity contribution is 7.89. The quantitative estimate of drug-likeness (QED) is 0.660. The smallest absolute Gasteiger partial charge is 0.212 e. The number of hydrogen-bond donors (Lipinski definition) is 0. The lowest BCUT2D eigenvalue weighted by Crippen LogP contribution is -2.31. The Kier molecular flexibility index (Phi) is 4.78. The molecule has 0 heterocycles. The van der Waals surface area contributed by atoms with Gasteiger partial charge in [0, 0.05) is 13.6 Å². The lowest BCUT2D eigenvalue weighted by molar-refractivity contribution is 0.472. The van der Waals surface area contributed by atoms with Crippen molar-refractivity contribution < 1.29 is 8.42 Å². The third-order valence-corrected chi connectivity index (χ3v) is 4.31. The van der Waals surface area contributed by atoms with Crippen LogP contribution in [0.3, 0.4) is 0 Å².